The zero-order chi connectivity index (χ0) is 17.6. The van der Waals surface area contributed by atoms with Crippen molar-refractivity contribution in [3.63, 3.8) is 0 Å². The number of amides is 1. The Kier molecular flexibility index (Phi) is 3.65. The van der Waals surface area contributed by atoms with Gasteiger partial charge < -0.3 is 15.0 Å². The normalized spacial score (nSPS) is 16.4. The van der Waals surface area contributed by atoms with Crippen LogP contribution < -0.4 is 5.32 Å². The fraction of sp³-hybridized carbons (Fsp3) is 0.111. The van der Waals surface area contributed by atoms with Gasteiger partial charge in [0.25, 0.3) is 0 Å². The van der Waals surface area contributed by atoms with Crippen LogP contribution in [0.4, 0.5) is 10.1 Å². The van der Waals surface area contributed by atoms with Crippen LogP contribution in [0.15, 0.2) is 47.3 Å². The number of nitrogens with one attached hydrogen (secondary N) is 1. The molecule has 0 saturated carbocycles. The molecule has 1 aromatic carbocycles. The quantitative estimate of drug-likeness (QED) is 0.749. The highest BCUT2D eigenvalue weighted by Gasteiger charge is 2.34. The van der Waals surface area contributed by atoms with Gasteiger partial charge in [-0.15, -0.1) is 0 Å². The smallest absolute Gasteiger partial charge is 0.339 e. The number of fused-ring (bicyclic) bond motifs is 1. The summed E-state index contributed by atoms with van der Waals surface area (Å²) in [5.41, 5.74) is 2.38. The van der Waals surface area contributed by atoms with Gasteiger partial charge >= 0.3 is 5.97 Å². The molecule has 3 heterocycles. The lowest BCUT2D eigenvalue weighted by atomic mass is 9.90. The first-order valence-corrected chi connectivity index (χ1v) is 8.55. The van der Waals surface area contributed by atoms with E-state index in [9.17, 15) is 19.1 Å². The molecule has 126 valence electrons. The van der Waals surface area contributed by atoms with Crippen molar-refractivity contribution in [2.75, 3.05) is 5.32 Å². The van der Waals surface area contributed by atoms with Gasteiger partial charge in [-0.3, -0.25) is 4.79 Å². The van der Waals surface area contributed by atoms with Crippen molar-refractivity contribution in [3.8, 4) is 5.69 Å². The van der Waals surface area contributed by atoms with Crippen molar-refractivity contribution in [2.45, 2.75) is 12.3 Å². The summed E-state index contributed by atoms with van der Waals surface area (Å²) < 4.78 is 15.3. The predicted octanol–water partition coefficient (Wildman–Crippen LogP) is 3.85. The highest BCUT2D eigenvalue weighted by molar-refractivity contribution is 7.08. The van der Waals surface area contributed by atoms with Crippen molar-refractivity contribution in [1.82, 2.24) is 4.57 Å². The van der Waals surface area contributed by atoms with Gasteiger partial charge in [-0.1, -0.05) is 6.07 Å². The summed E-state index contributed by atoms with van der Waals surface area (Å²) in [5.74, 6) is -2.07. The summed E-state index contributed by atoms with van der Waals surface area (Å²) in [4.78, 5) is 23.8. The highest BCUT2D eigenvalue weighted by atomic mass is 32.1. The molecule has 1 aliphatic heterocycles. The molecule has 1 atom stereocenters. The summed E-state index contributed by atoms with van der Waals surface area (Å²) in [6, 6.07) is 7.86. The highest BCUT2D eigenvalue weighted by Crippen LogP contribution is 2.42. The summed E-state index contributed by atoms with van der Waals surface area (Å²) in [7, 11) is 0. The maximum atomic E-state index is 13.7. The molecule has 0 saturated heterocycles. The summed E-state index contributed by atoms with van der Waals surface area (Å²) >= 11 is 1.51. The SMILES string of the molecule is O=C1C[C@H](c2ccsc2)c2c(c(C(=O)O)cn2-c2cccc(F)c2)N1. The number of carbonyl (C=O) groups is 2. The molecule has 1 aliphatic rings. The third kappa shape index (κ3) is 2.62. The first-order chi connectivity index (χ1) is 12.0. The van der Waals surface area contributed by atoms with Crippen LogP contribution in [0.5, 0.6) is 0 Å². The van der Waals surface area contributed by atoms with E-state index in [1.54, 1.807) is 16.7 Å². The number of halogens is 1. The van der Waals surface area contributed by atoms with Crippen LogP contribution in [0, 0.1) is 5.82 Å². The second-order valence-electron chi connectivity index (χ2n) is 5.82. The number of rotatable bonds is 3. The number of hydrogen-bond acceptors (Lipinski definition) is 3. The third-order valence-corrected chi connectivity index (χ3v) is 4.99. The lowest BCUT2D eigenvalue weighted by Crippen LogP contribution is -2.25. The van der Waals surface area contributed by atoms with Crippen LogP contribution in [-0.4, -0.2) is 21.6 Å². The monoisotopic (exact) mass is 356 g/mol. The minimum atomic E-state index is -1.14. The van der Waals surface area contributed by atoms with Crippen LogP contribution in [0.2, 0.25) is 0 Å². The number of nitrogens with zero attached hydrogens (tertiary/aromatic N) is 1. The maximum absolute atomic E-state index is 13.7. The lowest BCUT2D eigenvalue weighted by Gasteiger charge is -2.25. The van der Waals surface area contributed by atoms with Crippen molar-refractivity contribution in [1.29, 1.82) is 0 Å². The van der Waals surface area contributed by atoms with E-state index in [0.29, 0.717) is 11.4 Å². The lowest BCUT2D eigenvalue weighted by molar-refractivity contribution is -0.116. The number of thiophene rings is 1. The fourth-order valence-corrected chi connectivity index (χ4v) is 3.93. The van der Waals surface area contributed by atoms with E-state index < -0.39 is 11.8 Å². The Hall–Kier alpha value is -2.93. The Labute approximate surface area is 146 Å². The van der Waals surface area contributed by atoms with E-state index in [4.69, 9.17) is 0 Å². The first-order valence-electron chi connectivity index (χ1n) is 7.61. The van der Waals surface area contributed by atoms with E-state index in [2.05, 4.69) is 5.32 Å². The minimum absolute atomic E-state index is 0.00691. The maximum Gasteiger partial charge on any atom is 0.339 e. The topological polar surface area (TPSA) is 71.3 Å². The Morgan fingerprint density at radius 2 is 2.20 bits per heavy atom. The van der Waals surface area contributed by atoms with Gasteiger partial charge in [-0.05, 0) is 40.6 Å². The molecule has 0 spiro atoms. The number of carboxylic acids is 1. The van der Waals surface area contributed by atoms with Crippen LogP contribution in [-0.2, 0) is 4.79 Å². The Morgan fingerprint density at radius 3 is 2.88 bits per heavy atom. The molecule has 0 unspecified atom stereocenters. The number of anilines is 1. The van der Waals surface area contributed by atoms with E-state index in [0.717, 1.165) is 5.56 Å². The molecule has 3 aromatic rings. The molecule has 2 N–H and O–H groups in total. The molecular formula is C18H13FN2O3S. The molecule has 25 heavy (non-hydrogen) atoms. The largest absolute Gasteiger partial charge is 0.478 e. The average Bonchev–Trinajstić information content (AvgIpc) is 3.22. The van der Waals surface area contributed by atoms with Crippen molar-refractivity contribution < 1.29 is 19.1 Å². The van der Waals surface area contributed by atoms with Crippen LogP contribution >= 0.6 is 11.3 Å². The van der Waals surface area contributed by atoms with E-state index >= 15 is 0 Å². The van der Waals surface area contributed by atoms with Gasteiger partial charge in [0, 0.05) is 24.2 Å². The number of carbonyl (C=O) groups excluding carboxylic acids is 1. The van der Waals surface area contributed by atoms with Crippen molar-refractivity contribution in [2.24, 2.45) is 0 Å². The second kappa shape index (κ2) is 5.86. The molecule has 2 aromatic heterocycles. The molecule has 0 radical (unpaired) electrons. The Balaban J connectivity index is 1.99. The first kappa shape index (κ1) is 15.6. The second-order valence-corrected chi connectivity index (χ2v) is 6.60. The number of benzene rings is 1. The Morgan fingerprint density at radius 1 is 1.36 bits per heavy atom. The molecule has 0 fully saturated rings. The molecule has 5 nitrogen and oxygen atoms in total. The molecule has 1 amide bonds. The number of carboxylic acid groups (broad SMARTS) is 1. The van der Waals surface area contributed by atoms with Crippen LogP contribution in [0.25, 0.3) is 5.69 Å². The summed E-state index contributed by atoms with van der Waals surface area (Å²) in [6.45, 7) is 0. The number of aromatic nitrogens is 1. The van der Waals surface area contributed by atoms with Gasteiger partial charge in [0.15, 0.2) is 0 Å². The van der Waals surface area contributed by atoms with Crippen LogP contribution in [0.1, 0.15) is 34.0 Å². The summed E-state index contributed by atoms with van der Waals surface area (Å²) in [6.07, 6.45) is 1.65. The van der Waals surface area contributed by atoms with Crippen molar-refractivity contribution in [3.05, 3.63) is 69.9 Å². The van der Waals surface area contributed by atoms with Gasteiger partial charge in [0.1, 0.15) is 11.4 Å². The van der Waals surface area contributed by atoms with Gasteiger partial charge in [0.05, 0.1) is 11.4 Å². The molecule has 0 bridgehead atoms. The van der Waals surface area contributed by atoms with Gasteiger partial charge in [0.2, 0.25) is 5.91 Å². The zero-order valence-electron chi connectivity index (χ0n) is 12.9. The standard InChI is InChI=1S/C18H13FN2O3S/c19-11-2-1-3-12(6-11)21-8-14(18(23)24)16-17(21)13(7-15(22)20-16)10-4-5-25-9-10/h1-6,8-9,13H,7H2,(H,20,22)(H,23,24)/t13-/m1/s1. The number of hydrogen-bond donors (Lipinski definition) is 2. The van der Waals surface area contributed by atoms with Crippen molar-refractivity contribution >= 4 is 28.9 Å². The molecular weight excluding hydrogens is 343 g/mol. The predicted molar refractivity (Wildman–Crippen MR) is 92.1 cm³/mol. The van der Waals surface area contributed by atoms with E-state index in [1.165, 1.54) is 29.7 Å². The average molecular weight is 356 g/mol. The van der Waals surface area contributed by atoms with Crippen LogP contribution in [0.3, 0.4) is 0 Å². The van der Waals surface area contributed by atoms with Gasteiger partial charge in [-0.25, -0.2) is 9.18 Å². The van der Waals surface area contributed by atoms with E-state index in [1.807, 2.05) is 16.8 Å². The van der Waals surface area contributed by atoms with Gasteiger partial charge in [-0.2, -0.15) is 11.3 Å². The summed E-state index contributed by atoms with van der Waals surface area (Å²) in [5, 5.41) is 16.1. The minimum Gasteiger partial charge on any atom is -0.478 e. The molecule has 0 aliphatic carbocycles. The molecule has 7 heteroatoms. The fourth-order valence-electron chi connectivity index (χ4n) is 3.22. The van der Waals surface area contributed by atoms with E-state index in [-0.39, 0.29) is 29.5 Å². The number of aromatic carboxylic acids is 1. The zero-order valence-corrected chi connectivity index (χ0v) is 13.7. The Bertz CT molecular complexity index is 978. The third-order valence-electron chi connectivity index (χ3n) is 4.29. The molecule has 4 rings (SSSR count).